The van der Waals surface area contributed by atoms with Crippen molar-refractivity contribution in [1.29, 1.82) is 0 Å². The Morgan fingerprint density at radius 1 is 0.933 bits per heavy atom. The van der Waals surface area contributed by atoms with Crippen LogP contribution in [0.5, 0.6) is 0 Å². The number of halogens is 1. The molecule has 0 bridgehead atoms. The first-order valence-corrected chi connectivity index (χ1v) is 12.0. The number of ether oxygens (including phenoxy) is 2. The molecule has 1 saturated carbocycles. The molecule has 0 spiro atoms. The lowest BCUT2D eigenvalue weighted by atomic mass is 9.99. The van der Waals surface area contributed by atoms with Crippen LogP contribution in [0, 0.1) is 12.3 Å². The summed E-state index contributed by atoms with van der Waals surface area (Å²) < 4.78 is 38.3. The molecule has 1 aliphatic rings. The van der Waals surface area contributed by atoms with E-state index in [-0.39, 0.29) is 18.1 Å². The lowest BCUT2D eigenvalue weighted by Gasteiger charge is -2.15. The van der Waals surface area contributed by atoms with Crippen molar-refractivity contribution < 1.29 is 27.5 Å². The van der Waals surface area contributed by atoms with Crippen molar-refractivity contribution in [3.05, 3.63) is 64.1 Å². The van der Waals surface area contributed by atoms with Crippen LogP contribution in [0.15, 0.2) is 57.9 Å². The zero-order valence-corrected chi connectivity index (χ0v) is 19.3. The smallest absolute Gasteiger partial charge is 0.325 e. The van der Waals surface area contributed by atoms with Crippen LogP contribution in [0.25, 0.3) is 0 Å². The summed E-state index contributed by atoms with van der Waals surface area (Å²) in [6, 6.07) is 13.2. The lowest BCUT2D eigenvalue weighted by Crippen LogP contribution is -2.35. The van der Waals surface area contributed by atoms with E-state index in [2.05, 4.69) is 15.9 Å². The van der Waals surface area contributed by atoms with Crippen LogP contribution >= 0.6 is 15.9 Å². The Hall–Kier alpha value is -2.19. The molecule has 0 saturated heterocycles. The van der Waals surface area contributed by atoms with Gasteiger partial charge in [-0.3, -0.25) is 9.59 Å². The summed E-state index contributed by atoms with van der Waals surface area (Å²) in [4.78, 5) is 26.1. The molecular weight excluding hydrogens is 472 g/mol. The van der Waals surface area contributed by atoms with Crippen LogP contribution in [0.2, 0.25) is 0 Å². The number of hydrogen-bond donors (Lipinski definition) is 0. The zero-order chi connectivity index (χ0) is 22.1. The molecule has 0 unspecified atom stereocenters. The van der Waals surface area contributed by atoms with E-state index in [0.29, 0.717) is 5.56 Å². The van der Waals surface area contributed by atoms with Crippen LogP contribution in [0.3, 0.4) is 0 Å². The third-order valence-electron chi connectivity index (χ3n) is 5.27. The van der Waals surface area contributed by atoms with Gasteiger partial charge in [-0.1, -0.05) is 45.8 Å². The Morgan fingerprint density at radius 2 is 1.43 bits per heavy atom. The molecule has 0 N–H and O–H groups in total. The van der Waals surface area contributed by atoms with E-state index >= 15 is 0 Å². The molecule has 1 aliphatic carbocycles. The minimum atomic E-state index is -4.04. The fraction of sp³-hybridized carbons (Fsp3) is 0.364. The highest BCUT2D eigenvalue weighted by atomic mass is 79.9. The molecule has 0 aliphatic heterocycles. The summed E-state index contributed by atoms with van der Waals surface area (Å²) in [5.74, 6) is -2.66. The largest absolute Gasteiger partial charge is 0.465 e. The normalized spacial score (nSPS) is 19.7. The van der Waals surface area contributed by atoms with Gasteiger partial charge in [0.05, 0.1) is 18.1 Å². The molecule has 0 heterocycles. The van der Waals surface area contributed by atoms with Crippen molar-refractivity contribution in [3.8, 4) is 0 Å². The van der Waals surface area contributed by atoms with Crippen LogP contribution < -0.4 is 0 Å². The number of benzene rings is 2. The van der Waals surface area contributed by atoms with Gasteiger partial charge < -0.3 is 9.47 Å². The minimum absolute atomic E-state index is 0.0182. The Labute approximate surface area is 184 Å². The predicted octanol–water partition coefficient (Wildman–Crippen LogP) is 3.81. The third-order valence-corrected chi connectivity index (χ3v) is 8.04. The quantitative estimate of drug-likeness (QED) is 0.429. The molecule has 30 heavy (non-hydrogen) atoms. The first-order chi connectivity index (χ1) is 14.2. The second-order valence-corrected chi connectivity index (χ2v) is 10.1. The Bertz CT molecular complexity index is 1030. The molecular formula is C22H23BrO6S. The monoisotopic (exact) mass is 494 g/mol. The molecule has 2 atom stereocenters. The number of carbonyl (C=O) groups excluding carboxylic acids is 2. The fourth-order valence-corrected chi connectivity index (χ4v) is 6.39. The third kappa shape index (κ3) is 3.67. The molecule has 3 rings (SSSR count). The molecule has 0 aromatic heterocycles. The van der Waals surface area contributed by atoms with Gasteiger partial charge in [-0.15, -0.1) is 0 Å². The van der Waals surface area contributed by atoms with Crippen molar-refractivity contribution in [2.45, 2.75) is 36.8 Å². The summed E-state index contributed by atoms with van der Waals surface area (Å²) in [5.41, 5.74) is -0.486. The van der Waals surface area contributed by atoms with Gasteiger partial charge >= 0.3 is 11.9 Å². The van der Waals surface area contributed by atoms with E-state index in [0.717, 1.165) is 10.0 Å². The Kier molecular flexibility index (Phi) is 6.38. The number of esters is 2. The van der Waals surface area contributed by atoms with Crippen LogP contribution in [0.1, 0.15) is 30.9 Å². The number of rotatable bonds is 7. The highest BCUT2D eigenvalue weighted by Gasteiger charge is 2.81. The van der Waals surface area contributed by atoms with E-state index < -0.39 is 38.4 Å². The van der Waals surface area contributed by atoms with Crippen molar-refractivity contribution in [2.75, 3.05) is 13.2 Å². The highest BCUT2D eigenvalue weighted by Crippen LogP contribution is 2.65. The van der Waals surface area contributed by atoms with E-state index in [4.69, 9.17) is 9.47 Å². The molecule has 8 heteroatoms. The van der Waals surface area contributed by atoms with Gasteiger partial charge in [-0.05, 0) is 50.6 Å². The van der Waals surface area contributed by atoms with E-state index in [1.807, 2.05) is 6.92 Å². The zero-order valence-electron chi connectivity index (χ0n) is 16.9. The van der Waals surface area contributed by atoms with Gasteiger partial charge in [0.25, 0.3) is 0 Å². The molecule has 160 valence electrons. The van der Waals surface area contributed by atoms with Crippen molar-refractivity contribution in [3.63, 3.8) is 0 Å². The number of carbonyl (C=O) groups is 2. The summed E-state index contributed by atoms with van der Waals surface area (Å²) >= 11 is 3.35. The van der Waals surface area contributed by atoms with Gasteiger partial charge in [0.15, 0.2) is 15.3 Å². The minimum Gasteiger partial charge on any atom is -0.465 e. The van der Waals surface area contributed by atoms with Gasteiger partial charge in [-0.2, -0.15) is 0 Å². The first-order valence-electron chi connectivity index (χ1n) is 9.61. The van der Waals surface area contributed by atoms with Gasteiger partial charge in [0, 0.05) is 10.4 Å². The average Bonchev–Trinajstić information content (AvgIpc) is 3.42. The molecule has 2 aromatic rings. The summed E-state index contributed by atoms with van der Waals surface area (Å²) in [5, 5.41) is -1.31. The molecule has 0 amide bonds. The average molecular weight is 495 g/mol. The summed E-state index contributed by atoms with van der Waals surface area (Å²) in [6.45, 7) is 5.10. The standard InChI is InChI=1S/C22H23BrO6S/c1-4-28-20(24)22(21(25)29-5-2)18(15-8-10-16(23)11-9-15)19(22)30(26,27)17-12-6-14(3)7-13-17/h6-13,18-19H,4-5H2,1-3H3/t18-,19-/m0/s1. The first kappa shape index (κ1) is 22.5. The molecule has 0 radical (unpaired) electrons. The number of aryl methyl sites for hydroxylation is 1. The lowest BCUT2D eigenvalue weighted by molar-refractivity contribution is -0.164. The maximum absolute atomic E-state index is 13.6. The van der Waals surface area contributed by atoms with E-state index in [1.54, 1.807) is 50.2 Å². The maximum atomic E-state index is 13.6. The van der Waals surface area contributed by atoms with Crippen LogP contribution in [-0.2, 0) is 28.9 Å². The summed E-state index contributed by atoms with van der Waals surface area (Å²) in [7, 11) is -4.04. The van der Waals surface area contributed by atoms with Gasteiger partial charge in [0.2, 0.25) is 0 Å². The molecule has 2 aromatic carbocycles. The summed E-state index contributed by atoms with van der Waals surface area (Å²) in [6.07, 6.45) is 0. The van der Waals surface area contributed by atoms with Crippen molar-refractivity contribution in [2.24, 2.45) is 5.41 Å². The predicted molar refractivity (Wildman–Crippen MR) is 115 cm³/mol. The molecule has 1 fully saturated rings. The Balaban J connectivity index is 2.19. The maximum Gasteiger partial charge on any atom is 0.325 e. The van der Waals surface area contributed by atoms with Crippen molar-refractivity contribution in [1.82, 2.24) is 0 Å². The second-order valence-electron chi connectivity index (χ2n) is 7.12. The van der Waals surface area contributed by atoms with E-state index in [9.17, 15) is 18.0 Å². The molecule has 6 nitrogen and oxygen atoms in total. The van der Waals surface area contributed by atoms with Crippen molar-refractivity contribution >= 4 is 37.7 Å². The Morgan fingerprint density at radius 3 is 1.90 bits per heavy atom. The van der Waals surface area contributed by atoms with Gasteiger partial charge in [0.1, 0.15) is 5.25 Å². The van der Waals surface area contributed by atoms with Crippen LogP contribution in [0.4, 0.5) is 0 Å². The SMILES string of the molecule is CCOC(=O)C1(C(=O)OCC)[C@@H](c2ccc(Br)cc2)[C@@H]1S(=O)(=O)c1ccc(C)cc1. The van der Waals surface area contributed by atoms with Gasteiger partial charge in [-0.25, -0.2) is 8.42 Å². The highest BCUT2D eigenvalue weighted by molar-refractivity contribution is 9.10. The fourth-order valence-electron chi connectivity index (χ4n) is 3.83. The van der Waals surface area contributed by atoms with E-state index in [1.165, 1.54) is 12.1 Å². The number of hydrogen-bond acceptors (Lipinski definition) is 6. The number of sulfone groups is 1. The second kappa shape index (κ2) is 8.51. The van der Waals surface area contributed by atoms with Crippen LogP contribution in [-0.4, -0.2) is 38.8 Å². The topological polar surface area (TPSA) is 86.7 Å².